The van der Waals surface area contributed by atoms with Crippen molar-refractivity contribution in [3.05, 3.63) is 42.0 Å². The van der Waals surface area contributed by atoms with Crippen LogP contribution in [-0.4, -0.2) is 37.7 Å². The van der Waals surface area contributed by atoms with Crippen molar-refractivity contribution in [2.45, 2.75) is 38.6 Å². The minimum absolute atomic E-state index is 0.0564. The summed E-state index contributed by atoms with van der Waals surface area (Å²) in [6.07, 6.45) is 4.19. The summed E-state index contributed by atoms with van der Waals surface area (Å²) in [4.78, 5) is 36.5. The minimum atomic E-state index is -0.691. The zero-order chi connectivity index (χ0) is 20.8. The molecule has 0 aromatic heterocycles. The molecular formula is C22H26N2O5. The molecule has 2 aromatic rings. The van der Waals surface area contributed by atoms with Gasteiger partial charge in [0.15, 0.2) is 6.61 Å². The molecule has 0 aliphatic heterocycles. The third kappa shape index (κ3) is 5.25. The highest BCUT2D eigenvalue weighted by Gasteiger charge is 2.24. The number of hydrogen-bond acceptors (Lipinski definition) is 5. The second-order valence-corrected chi connectivity index (χ2v) is 7.37. The van der Waals surface area contributed by atoms with Crippen LogP contribution in [0.4, 0.5) is 4.79 Å². The third-order valence-electron chi connectivity index (χ3n) is 5.30. The standard InChI is InChI=1S/C22H26N2O5/c1-14-7-3-6-10-18(14)23-22(27)24-20(25)13-29-21(26)17-11-15-8-4-5-9-16(15)12-19(17)28-2/h4-5,8-9,11-12,14,18H,3,6-7,10,13H2,1-2H3,(H2,23,24,25,27)/t14-,18-/m1/s1. The SMILES string of the molecule is COc1cc2ccccc2cc1C(=O)OCC(=O)NC(=O)N[C@@H]1CCCC[C@H]1C. The second-order valence-electron chi connectivity index (χ2n) is 7.37. The Morgan fingerprint density at radius 3 is 2.45 bits per heavy atom. The van der Waals surface area contributed by atoms with Crippen LogP contribution in [0.1, 0.15) is 43.0 Å². The van der Waals surface area contributed by atoms with Gasteiger partial charge in [-0.15, -0.1) is 0 Å². The van der Waals surface area contributed by atoms with Crippen molar-refractivity contribution in [1.29, 1.82) is 0 Å². The van der Waals surface area contributed by atoms with Crippen molar-refractivity contribution in [2.24, 2.45) is 5.92 Å². The molecule has 0 radical (unpaired) electrons. The summed E-state index contributed by atoms with van der Waals surface area (Å²) in [6, 6.07) is 10.4. The molecule has 1 aliphatic carbocycles. The van der Waals surface area contributed by atoms with E-state index in [4.69, 9.17) is 9.47 Å². The Morgan fingerprint density at radius 2 is 1.76 bits per heavy atom. The Kier molecular flexibility index (Phi) is 6.69. The Bertz CT molecular complexity index is 911. The number of nitrogens with one attached hydrogen (secondary N) is 2. The van der Waals surface area contributed by atoms with Crippen LogP contribution in [-0.2, 0) is 9.53 Å². The predicted molar refractivity (Wildman–Crippen MR) is 109 cm³/mol. The van der Waals surface area contributed by atoms with E-state index in [0.717, 1.165) is 36.5 Å². The summed E-state index contributed by atoms with van der Waals surface area (Å²) < 4.78 is 10.4. The van der Waals surface area contributed by atoms with Crippen molar-refractivity contribution < 1.29 is 23.9 Å². The molecular weight excluding hydrogens is 372 g/mol. The van der Waals surface area contributed by atoms with Crippen molar-refractivity contribution in [3.63, 3.8) is 0 Å². The summed E-state index contributed by atoms with van der Waals surface area (Å²) >= 11 is 0. The lowest BCUT2D eigenvalue weighted by Crippen LogP contribution is -2.48. The summed E-state index contributed by atoms with van der Waals surface area (Å²) in [7, 11) is 1.46. The maximum absolute atomic E-state index is 12.4. The molecule has 7 heteroatoms. The highest BCUT2D eigenvalue weighted by molar-refractivity contribution is 6.00. The van der Waals surface area contributed by atoms with Crippen molar-refractivity contribution in [1.82, 2.24) is 10.6 Å². The number of methoxy groups -OCH3 is 1. The third-order valence-corrected chi connectivity index (χ3v) is 5.30. The molecule has 7 nitrogen and oxygen atoms in total. The van der Waals surface area contributed by atoms with Gasteiger partial charge in [-0.05, 0) is 41.7 Å². The molecule has 0 unspecified atom stereocenters. The molecule has 154 valence electrons. The molecule has 0 bridgehead atoms. The number of imide groups is 1. The molecule has 1 saturated carbocycles. The van der Waals surface area contributed by atoms with E-state index < -0.39 is 24.5 Å². The van der Waals surface area contributed by atoms with Crippen LogP contribution in [0.15, 0.2) is 36.4 Å². The van der Waals surface area contributed by atoms with E-state index in [1.165, 1.54) is 7.11 Å². The fourth-order valence-electron chi connectivity index (χ4n) is 3.65. The number of fused-ring (bicyclic) bond motifs is 1. The van der Waals surface area contributed by atoms with E-state index in [9.17, 15) is 14.4 Å². The maximum Gasteiger partial charge on any atom is 0.342 e. The fourth-order valence-corrected chi connectivity index (χ4v) is 3.65. The van der Waals surface area contributed by atoms with Gasteiger partial charge in [-0.25, -0.2) is 9.59 Å². The first-order valence-electron chi connectivity index (χ1n) is 9.82. The van der Waals surface area contributed by atoms with Crippen LogP contribution < -0.4 is 15.4 Å². The average Bonchev–Trinajstić information content (AvgIpc) is 2.72. The first-order valence-corrected chi connectivity index (χ1v) is 9.82. The number of carbonyl (C=O) groups is 3. The largest absolute Gasteiger partial charge is 0.496 e. The second kappa shape index (κ2) is 9.41. The van der Waals surface area contributed by atoms with Gasteiger partial charge >= 0.3 is 12.0 Å². The average molecular weight is 398 g/mol. The van der Waals surface area contributed by atoms with Gasteiger partial charge in [-0.3, -0.25) is 10.1 Å². The van der Waals surface area contributed by atoms with Crippen LogP contribution in [0.25, 0.3) is 10.8 Å². The molecule has 2 N–H and O–H groups in total. The summed E-state index contributed by atoms with van der Waals surface area (Å²) in [5.74, 6) is -0.635. The van der Waals surface area contributed by atoms with Crippen molar-refractivity contribution in [3.8, 4) is 5.75 Å². The quantitative estimate of drug-likeness (QED) is 0.753. The van der Waals surface area contributed by atoms with E-state index in [-0.39, 0.29) is 11.6 Å². The number of hydrogen-bond donors (Lipinski definition) is 2. The molecule has 2 atom stereocenters. The zero-order valence-corrected chi connectivity index (χ0v) is 16.7. The smallest absolute Gasteiger partial charge is 0.342 e. The predicted octanol–water partition coefficient (Wildman–Crippen LogP) is 3.41. The lowest BCUT2D eigenvalue weighted by Gasteiger charge is -2.29. The minimum Gasteiger partial charge on any atom is -0.496 e. The number of rotatable bonds is 5. The van der Waals surface area contributed by atoms with Gasteiger partial charge in [-0.1, -0.05) is 44.0 Å². The normalized spacial score (nSPS) is 18.7. The maximum atomic E-state index is 12.4. The van der Waals surface area contributed by atoms with Gasteiger partial charge in [0.2, 0.25) is 0 Å². The molecule has 0 heterocycles. The molecule has 2 aromatic carbocycles. The first kappa shape index (κ1) is 20.6. The topological polar surface area (TPSA) is 93.7 Å². The number of benzene rings is 2. The number of amides is 3. The Balaban J connectivity index is 1.55. The van der Waals surface area contributed by atoms with Crippen molar-refractivity contribution in [2.75, 3.05) is 13.7 Å². The van der Waals surface area contributed by atoms with E-state index in [0.29, 0.717) is 11.7 Å². The molecule has 3 amide bonds. The summed E-state index contributed by atoms with van der Waals surface area (Å²) in [5.41, 5.74) is 0.222. The summed E-state index contributed by atoms with van der Waals surface area (Å²) in [5, 5.41) is 6.82. The first-order chi connectivity index (χ1) is 14.0. The fraction of sp³-hybridized carbons (Fsp3) is 0.409. The Labute approximate surface area is 169 Å². The van der Waals surface area contributed by atoms with Gasteiger partial charge in [0.25, 0.3) is 5.91 Å². The van der Waals surface area contributed by atoms with Gasteiger partial charge in [0.05, 0.1) is 7.11 Å². The number of urea groups is 1. The zero-order valence-electron chi connectivity index (χ0n) is 16.7. The Hall–Kier alpha value is -3.09. The lowest BCUT2D eigenvalue weighted by atomic mass is 9.86. The van der Waals surface area contributed by atoms with Gasteiger partial charge < -0.3 is 14.8 Å². The molecule has 0 saturated heterocycles. The van der Waals surface area contributed by atoms with Crippen LogP contribution in [0.2, 0.25) is 0 Å². The molecule has 29 heavy (non-hydrogen) atoms. The molecule has 3 rings (SSSR count). The van der Waals surface area contributed by atoms with Crippen molar-refractivity contribution >= 4 is 28.7 Å². The van der Waals surface area contributed by atoms with E-state index in [2.05, 4.69) is 17.6 Å². The monoisotopic (exact) mass is 398 g/mol. The van der Waals surface area contributed by atoms with Gasteiger partial charge in [-0.2, -0.15) is 0 Å². The number of esters is 1. The molecule has 0 spiro atoms. The van der Waals surface area contributed by atoms with E-state index in [1.807, 2.05) is 24.3 Å². The van der Waals surface area contributed by atoms with E-state index in [1.54, 1.807) is 12.1 Å². The van der Waals surface area contributed by atoms with Gasteiger partial charge in [0.1, 0.15) is 11.3 Å². The lowest BCUT2D eigenvalue weighted by molar-refractivity contribution is -0.123. The summed E-state index contributed by atoms with van der Waals surface area (Å²) in [6.45, 7) is 1.53. The number of carbonyl (C=O) groups excluding carboxylic acids is 3. The van der Waals surface area contributed by atoms with E-state index >= 15 is 0 Å². The highest BCUT2D eigenvalue weighted by Crippen LogP contribution is 2.26. The van der Waals surface area contributed by atoms with Crippen LogP contribution >= 0.6 is 0 Å². The van der Waals surface area contributed by atoms with Crippen LogP contribution in [0, 0.1) is 5.92 Å². The number of ether oxygens (including phenoxy) is 2. The van der Waals surface area contributed by atoms with Crippen LogP contribution in [0.3, 0.4) is 0 Å². The van der Waals surface area contributed by atoms with Gasteiger partial charge in [0, 0.05) is 6.04 Å². The Morgan fingerprint density at radius 1 is 1.07 bits per heavy atom. The molecule has 1 fully saturated rings. The van der Waals surface area contributed by atoms with Crippen LogP contribution in [0.5, 0.6) is 5.75 Å². The highest BCUT2D eigenvalue weighted by atomic mass is 16.5. The molecule has 1 aliphatic rings.